The summed E-state index contributed by atoms with van der Waals surface area (Å²) < 4.78 is 10.9. The van der Waals surface area contributed by atoms with Gasteiger partial charge >= 0.3 is 11.9 Å². The van der Waals surface area contributed by atoms with Gasteiger partial charge in [-0.15, -0.1) is 0 Å². The number of aliphatic carboxylic acids is 1. The summed E-state index contributed by atoms with van der Waals surface area (Å²) in [6.45, 7) is 0. The molecule has 4 unspecified atom stereocenters. The zero-order valence-electron chi connectivity index (χ0n) is 11.7. The van der Waals surface area contributed by atoms with Gasteiger partial charge in [0.1, 0.15) is 5.69 Å². The molecule has 2 aromatic rings. The molecule has 1 amide bonds. The Morgan fingerprint density at radius 3 is 2.74 bits per heavy atom. The topological polar surface area (TPSA) is 106 Å². The number of benzene rings is 1. The fourth-order valence-electron chi connectivity index (χ4n) is 4.13. The molecule has 0 spiro atoms. The van der Waals surface area contributed by atoms with Crippen molar-refractivity contribution in [3.8, 4) is 5.75 Å². The van der Waals surface area contributed by atoms with Crippen molar-refractivity contribution in [1.82, 2.24) is 0 Å². The molecule has 3 aliphatic rings. The lowest BCUT2D eigenvalue weighted by Crippen LogP contribution is -2.35. The van der Waals surface area contributed by atoms with Crippen molar-refractivity contribution in [2.75, 3.05) is 5.32 Å². The van der Waals surface area contributed by atoms with E-state index in [0.29, 0.717) is 28.8 Å². The van der Waals surface area contributed by atoms with Crippen LogP contribution in [0.4, 0.5) is 5.69 Å². The van der Waals surface area contributed by atoms with Gasteiger partial charge in [0.25, 0.3) is 5.91 Å². The number of amides is 1. The van der Waals surface area contributed by atoms with E-state index in [1.54, 1.807) is 0 Å². The Balaban J connectivity index is 1.47. The van der Waals surface area contributed by atoms with Crippen LogP contribution in [0.1, 0.15) is 16.8 Å². The maximum atomic E-state index is 12.6. The molecule has 23 heavy (non-hydrogen) atoms. The highest BCUT2D eigenvalue weighted by Crippen LogP contribution is 2.51. The monoisotopic (exact) mass is 313 g/mol. The predicted octanol–water partition coefficient (Wildman–Crippen LogP) is 1.86. The first kappa shape index (κ1) is 12.7. The molecule has 2 N–H and O–H groups in total. The molecule has 2 aromatic heterocycles. The molecule has 1 saturated carbocycles. The minimum absolute atomic E-state index is 0.111. The van der Waals surface area contributed by atoms with Crippen LogP contribution in [-0.4, -0.2) is 23.0 Å². The summed E-state index contributed by atoms with van der Waals surface area (Å²) in [7, 11) is 0. The van der Waals surface area contributed by atoms with Gasteiger partial charge in [0, 0.05) is 6.07 Å². The Hall–Kier alpha value is -2.83. The molecule has 4 bridgehead atoms. The number of furan rings is 2. The van der Waals surface area contributed by atoms with Crippen LogP contribution in [0.15, 0.2) is 22.6 Å². The highest BCUT2D eigenvalue weighted by Gasteiger charge is 2.53. The van der Waals surface area contributed by atoms with Gasteiger partial charge in [0.05, 0.1) is 17.4 Å². The number of ether oxygens (including phenoxy) is 1. The number of rotatable bonds is 3. The van der Waals surface area contributed by atoms with E-state index in [-0.39, 0.29) is 23.5 Å². The highest BCUT2D eigenvalue weighted by atomic mass is 16.5. The first-order valence-corrected chi connectivity index (χ1v) is 7.37. The second-order valence-corrected chi connectivity index (χ2v) is 6.27. The third kappa shape index (κ3) is 1.46. The van der Waals surface area contributed by atoms with Gasteiger partial charge in [-0.25, -0.2) is 0 Å². The number of fused-ring (bicyclic) bond motifs is 3. The number of carbonyl (C=O) groups excluding carboxylic acids is 2. The molecule has 4 atom stereocenters. The molecular formula is C16H11NO6. The highest BCUT2D eigenvalue weighted by molar-refractivity contribution is 6.23. The van der Waals surface area contributed by atoms with Crippen LogP contribution in [0.25, 0.3) is 11.2 Å². The number of anilines is 1. The Kier molecular flexibility index (Phi) is 2.16. The van der Waals surface area contributed by atoms with Gasteiger partial charge in [-0.1, -0.05) is 12.2 Å². The third-order valence-corrected chi connectivity index (χ3v) is 5.11. The summed E-state index contributed by atoms with van der Waals surface area (Å²) in [5.41, 5.74) is 1.50. The number of nitrogens with one attached hydrogen (secondary N) is 1. The molecule has 1 aliphatic heterocycles. The minimum atomic E-state index is -0.982. The van der Waals surface area contributed by atoms with Crippen molar-refractivity contribution in [3.63, 3.8) is 0 Å². The number of allylic oxidation sites excluding steroid dienone is 2. The molecule has 7 heteroatoms. The normalized spacial score (nSPS) is 30.3. The molecule has 5 rings (SSSR count). The summed E-state index contributed by atoms with van der Waals surface area (Å²) in [6.07, 6.45) is 4.42. The van der Waals surface area contributed by atoms with Crippen molar-refractivity contribution in [2.45, 2.75) is 6.42 Å². The van der Waals surface area contributed by atoms with Crippen LogP contribution in [0, 0.1) is 23.7 Å². The van der Waals surface area contributed by atoms with E-state index < -0.39 is 23.8 Å². The molecule has 0 radical (unpaired) electrons. The van der Waals surface area contributed by atoms with Crippen molar-refractivity contribution in [1.29, 1.82) is 0 Å². The average Bonchev–Trinajstić information content (AvgIpc) is 3.27. The van der Waals surface area contributed by atoms with Crippen LogP contribution < -0.4 is 10.1 Å². The number of hydrogen-bond donors (Lipinski definition) is 2. The van der Waals surface area contributed by atoms with Crippen LogP contribution in [-0.2, 0) is 9.59 Å². The van der Waals surface area contributed by atoms with E-state index in [2.05, 4.69) is 5.32 Å². The number of esters is 1. The molecule has 0 aromatic carbocycles. The van der Waals surface area contributed by atoms with Crippen molar-refractivity contribution < 1.29 is 28.6 Å². The quantitative estimate of drug-likeness (QED) is 0.509. The van der Waals surface area contributed by atoms with Crippen LogP contribution >= 0.6 is 0 Å². The van der Waals surface area contributed by atoms with E-state index >= 15 is 0 Å². The van der Waals surface area contributed by atoms with E-state index in [1.165, 1.54) is 6.07 Å². The smallest absolute Gasteiger partial charge is 0.316 e. The Labute approximate surface area is 129 Å². The zero-order valence-corrected chi connectivity index (χ0v) is 11.7. The number of carboxylic acid groups (broad SMARTS) is 1. The molecule has 2 aliphatic carbocycles. The van der Waals surface area contributed by atoms with Crippen molar-refractivity contribution in [2.24, 2.45) is 23.7 Å². The molecule has 3 heterocycles. The predicted molar refractivity (Wildman–Crippen MR) is 76.3 cm³/mol. The van der Waals surface area contributed by atoms with Crippen LogP contribution in [0.2, 0.25) is 0 Å². The second kappa shape index (κ2) is 3.92. The van der Waals surface area contributed by atoms with E-state index in [1.807, 2.05) is 12.2 Å². The van der Waals surface area contributed by atoms with E-state index in [0.717, 1.165) is 0 Å². The summed E-state index contributed by atoms with van der Waals surface area (Å²) >= 11 is 0. The number of carbonyl (C=O) groups is 3. The maximum Gasteiger partial charge on any atom is 0.316 e. The van der Waals surface area contributed by atoms with Crippen molar-refractivity contribution >= 4 is 34.7 Å². The van der Waals surface area contributed by atoms with Crippen LogP contribution in [0.3, 0.4) is 0 Å². The van der Waals surface area contributed by atoms with Gasteiger partial charge in [-0.3, -0.25) is 14.4 Å². The van der Waals surface area contributed by atoms with E-state index in [9.17, 15) is 19.5 Å². The van der Waals surface area contributed by atoms with E-state index in [4.69, 9.17) is 9.15 Å². The first-order chi connectivity index (χ1) is 11.0. The summed E-state index contributed by atoms with van der Waals surface area (Å²) in [6, 6.07) is 1.53. The molecule has 1 fully saturated rings. The SMILES string of the molecule is O=C1Nc2c(OC(=O)C3C4C=CC(C4)C3C(=O)O)c3cc1c2o3. The Bertz CT molecular complexity index is 909. The molecular weight excluding hydrogens is 302 g/mol. The standard InChI is InChI=1S/C16H11NO6/c18-14-7-4-8-13(11(17-14)12(7)22-8)23-16(21)10-6-2-1-5(3-6)9(10)15(19)20/h1-2,4-6,9-10H,3H2,(H,17,18)(H,19,20). The van der Waals surface area contributed by atoms with Gasteiger partial charge in [0.15, 0.2) is 11.2 Å². The summed E-state index contributed by atoms with van der Waals surface area (Å²) in [4.78, 5) is 35.7. The average molecular weight is 313 g/mol. The fourth-order valence-corrected chi connectivity index (χ4v) is 4.13. The van der Waals surface area contributed by atoms with Crippen LogP contribution in [0.5, 0.6) is 5.75 Å². The molecule has 0 saturated heterocycles. The summed E-state index contributed by atoms with van der Waals surface area (Å²) in [5, 5.41) is 12.0. The maximum absolute atomic E-state index is 12.6. The largest absolute Gasteiger partial charge is 0.481 e. The first-order valence-electron chi connectivity index (χ1n) is 7.37. The van der Waals surface area contributed by atoms with Gasteiger partial charge in [-0.2, -0.15) is 0 Å². The molecule has 116 valence electrons. The van der Waals surface area contributed by atoms with Gasteiger partial charge in [-0.05, 0) is 18.3 Å². The minimum Gasteiger partial charge on any atom is -0.481 e. The third-order valence-electron chi connectivity index (χ3n) is 5.11. The Morgan fingerprint density at radius 2 is 2.00 bits per heavy atom. The van der Waals surface area contributed by atoms with Gasteiger partial charge in [0.2, 0.25) is 5.75 Å². The summed E-state index contributed by atoms with van der Waals surface area (Å²) in [5.74, 6) is -3.38. The van der Waals surface area contributed by atoms with Crippen molar-refractivity contribution in [3.05, 3.63) is 23.8 Å². The zero-order chi connectivity index (χ0) is 15.9. The lowest BCUT2D eigenvalue weighted by atomic mass is 9.83. The van der Waals surface area contributed by atoms with Gasteiger partial charge < -0.3 is 19.6 Å². The second-order valence-electron chi connectivity index (χ2n) is 6.27. The fraction of sp³-hybridized carbons (Fsp3) is 0.312. The lowest BCUT2D eigenvalue weighted by molar-refractivity contribution is -0.152. The molecule has 7 nitrogen and oxygen atoms in total. The number of hydrogen-bond acceptors (Lipinski definition) is 5. The Morgan fingerprint density at radius 1 is 1.26 bits per heavy atom. The number of carboxylic acids is 1. The lowest BCUT2D eigenvalue weighted by Gasteiger charge is -2.22.